The van der Waals surface area contributed by atoms with Gasteiger partial charge in [-0.15, -0.1) is 0 Å². The Balaban J connectivity index is 2.21. The molecule has 3 heteroatoms. The number of nitrogens with zero attached hydrogens (tertiary/aromatic N) is 1. The molecule has 1 saturated heterocycles. The maximum absolute atomic E-state index is 5.30. The first-order valence-electron chi connectivity index (χ1n) is 4.05. The van der Waals surface area contributed by atoms with E-state index in [2.05, 4.69) is 27.0 Å². The zero-order valence-corrected chi connectivity index (χ0v) is 8.25. The highest BCUT2D eigenvalue weighted by molar-refractivity contribution is 9.10. The molecule has 2 rings (SSSR count). The van der Waals surface area contributed by atoms with Crippen molar-refractivity contribution in [3.05, 3.63) is 28.5 Å². The van der Waals surface area contributed by atoms with E-state index < -0.39 is 0 Å². The third-order valence-electron chi connectivity index (χ3n) is 2.09. The van der Waals surface area contributed by atoms with Gasteiger partial charge in [0.15, 0.2) is 0 Å². The molecule has 12 heavy (non-hydrogen) atoms. The summed E-state index contributed by atoms with van der Waals surface area (Å²) in [7, 11) is 0. The number of pyridine rings is 1. The van der Waals surface area contributed by atoms with Gasteiger partial charge in [0.2, 0.25) is 0 Å². The van der Waals surface area contributed by atoms with Crippen LogP contribution in [-0.2, 0) is 4.74 Å². The van der Waals surface area contributed by atoms with Crippen molar-refractivity contribution in [1.29, 1.82) is 0 Å². The first kappa shape index (κ1) is 8.20. The third-order valence-corrected chi connectivity index (χ3v) is 2.58. The van der Waals surface area contributed by atoms with Crippen molar-refractivity contribution in [3.8, 4) is 0 Å². The lowest BCUT2D eigenvalue weighted by Crippen LogP contribution is -1.99. The number of hydrogen-bond acceptors (Lipinski definition) is 2. The van der Waals surface area contributed by atoms with E-state index in [1.54, 1.807) is 0 Å². The van der Waals surface area contributed by atoms with Crippen molar-refractivity contribution >= 4 is 15.9 Å². The second-order valence-electron chi connectivity index (χ2n) is 2.96. The maximum Gasteiger partial charge on any atom is 0.0550 e. The summed E-state index contributed by atoms with van der Waals surface area (Å²) in [6.45, 7) is 1.70. The van der Waals surface area contributed by atoms with Crippen molar-refractivity contribution in [2.24, 2.45) is 0 Å². The molecule has 1 atom stereocenters. The SMILES string of the molecule is Brc1ccnc(C2CCOC2)c1. The summed E-state index contributed by atoms with van der Waals surface area (Å²) in [5.41, 5.74) is 1.14. The Kier molecular flexibility index (Phi) is 2.42. The minimum Gasteiger partial charge on any atom is -0.381 e. The van der Waals surface area contributed by atoms with E-state index in [1.165, 1.54) is 0 Å². The molecule has 0 saturated carbocycles. The van der Waals surface area contributed by atoms with Crippen LogP contribution in [0.25, 0.3) is 0 Å². The molecule has 2 heterocycles. The fourth-order valence-corrected chi connectivity index (χ4v) is 1.76. The van der Waals surface area contributed by atoms with Crippen LogP contribution >= 0.6 is 15.9 Å². The Morgan fingerprint density at radius 3 is 3.17 bits per heavy atom. The molecule has 1 aliphatic heterocycles. The first-order valence-corrected chi connectivity index (χ1v) is 4.85. The molecule has 1 aliphatic rings. The third kappa shape index (κ3) is 1.67. The summed E-state index contributed by atoms with van der Waals surface area (Å²) in [5, 5.41) is 0. The van der Waals surface area contributed by atoms with Gasteiger partial charge in [0.05, 0.1) is 6.61 Å². The van der Waals surface area contributed by atoms with Crippen molar-refractivity contribution in [2.45, 2.75) is 12.3 Å². The molecular weight excluding hydrogens is 218 g/mol. The molecule has 0 aliphatic carbocycles. The van der Waals surface area contributed by atoms with Crippen molar-refractivity contribution in [1.82, 2.24) is 4.98 Å². The van der Waals surface area contributed by atoms with Crippen LogP contribution in [0.1, 0.15) is 18.0 Å². The summed E-state index contributed by atoms with van der Waals surface area (Å²) >= 11 is 3.43. The summed E-state index contributed by atoms with van der Waals surface area (Å²) in [6, 6.07) is 4.01. The molecule has 1 aromatic heterocycles. The van der Waals surface area contributed by atoms with Crippen LogP contribution in [0, 0.1) is 0 Å². The normalized spacial score (nSPS) is 22.9. The second kappa shape index (κ2) is 3.54. The summed E-state index contributed by atoms with van der Waals surface area (Å²) < 4.78 is 6.39. The Bertz CT molecular complexity index is 271. The molecule has 0 spiro atoms. The molecule has 2 nitrogen and oxygen atoms in total. The van der Waals surface area contributed by atoms with Gasteiger partial charge in [-0.3, -0.25) is 4.98 Å². The Labute approximate surface area is 80.1 Å². The van der Waals surface area contributed by atoms with Crippen LogP contribution in [0.4, 0.5) is 0 Å². The molecule has 1 aromatic rings. The number of ether oxygens (including phenoxy) is 1. The van der Waals surface area contributed by atoms with Gasteiger partial charge < -0.3 is 4.74 Å². The molecule has 1 unspecified atom stereocenters. The first-order chi connectivity index (χ1) is 5.86. The summed E-state index contributed by atoms with van der Waals surface area (Å²) in [4.78, 5) is 4.31. The quantitative estimate of drug-likeness (QED) is 0.735. The van der Waals surface area contributed by atoms with E-state index in [-0.39, 0.29) is 0 Å². The van der Waals surface area contributed by atoms with E-state index >= 15 is 0 Å². The zero-order valence-electron chi connectivity index (χ0n) is 6.66. The predicted molar refractivity (Wildman–Crippen MR) is 50.1 cm³/mol. The predicted octanol–water partition coefficient (Wildman–Crippen LogP) is 2.35. The van der Waals surface area contributed by atoms with Crippen LogP contribution in [0.5, 0.6) is 0 Å². The number of rotatable bonds is 1. The van der Waals surface area contributed by atoms with Gasteiger partial charge in [0, 0.05) is 28.9 Å². The topological polar surface area (TPSA) is 22.1 Å². The van der Waals surface area contributed by atoms with Crippen LogP contribution in [-0.4, -0.2) is 18.2 Å². The van der Waals surface area contributed by atoms with Gasteiger partial charge in [-0.25, -0.2) is 0 Å². The summed E-state index contributed by atoms with van der Waals surface area (Å²) in [5.74, 6) is 0.502. The van der Waals surface area contributed by atoms with E-state index in [1.807, 2.05) is 12.3 Å². The van der Waals surface area contributed by atoms with Crippen LogP contribution in [0.3, 0.4) is 0 Å². The Hall–Kier alpha value is -0.410. The second-order valence-corrected chi connectivity index (χ2v) is 3.88. The fourth-order valence-electron chi connectivity index (χ4n) is 1.41. The number of hydrogen-bond donors (Lipinski definition) is 0. The van der Waals surface area contributed by atoms with Gasteiger partial charge >= 0.3 is 0 Å². The minimum absolute atomic E-state index is 0.502. The minimum atomic E-state index is 0.502. The Morgan fingerprint density at radius 1 is 1.58 bits per heavy atom. The maximum atomic E-state index is 5.30. The van der Waals surface area contributed by atoms with E-state index in [0.717, 1.165) is 29.8 Å². The molecule has 1 fully saturated rings. The van der Waals surface area contributed by atoms with Gasteiger partial charge in [0.25, 0.3) is 0 Å². The molecule has 0 amide bonds. The average Bonchev–Trinajstić information content (AvgIpc) is 2.56. The van der Waals surface area contributed by atoms with Crippen molar-refractivity contribution < 1.29 is 4.74 Å². The van der Waals surface area contributed by atoms with E-state index in [9.17, 15) is 0 Å². The highest BCUT2D eigenvalue weighted by atomic mass is 79.9. The monoisotopic (exact) mass is 227 g/mol. The van der Waals surface area contributed by atoms with Gasteiger partial charge in [-0.2, -0.15) is 0 Å². The van der Waals surface area contributed by atoms with Crippen LogP contribution in [0.15, 0.2) is 22.8 Å². The standard InChI is InChI=1S/C9H10BrNO/c10-8-1-3-11-9(5-8)7-2-4-12-6-7/h1,3,5,7H,2,4,6H2. The lowest BCUT2D eigenvalue weighted by molar-refractivity contribution is 0.193. The molecule has 64 valence electrons. The summed E-state index contributed by atoms with van der Waals surface area (Å²) in [6.07, 6.45) is 2.93. The number of aromatic nitrogens is 1. The zero-order chi connectivity index (χ0) is 8.39. The van der Waals surface area contributed by atoms with E-state index in [0.29, 0.717) is 5.92 Å². The highest BCUT2D eigenvalue weighted by Gasteiger charge is 2.18. The lowest BCUT2D eigenvalue weighted by Gasteiger charge is -2.05. The van der Waals surface area contributed by atoms with Crippen molar-refractivity contribution in [2.75, 3.05) is 13.2 Å². The smallest absolute Gasteiger partial charge is 0.0550 e. The molecule has 0 aromatic carbocycles. The van der Waals surface area contributed by atoms with Gasteiger partial charge in [-0.1, -0.05) is 15.9 Å². The van der Waals surface area contributed by atoms with Gasteiger partial charge in [0.1, 0.15) is 0 Å². The fraction of sp³-hybridized carbons (Fsp3) is 0.444. The molecule has 0 N–H and O–H groups in total. The Morgan fingerprint density at radius 2 is 2.50 bits per heavy atom. The van der Waals surface area contributed by atoms with Crippen LogP contribution < -0.4 is 0 Å². The molecule has 0 radical (unpaired) electrons. The van der Waals surface area contributed by atoms with Crippen molar-refractivity contribution in [3.63, 3.8) is 0 Å². The highest BCUT2D eigenvalue weighted by Crippen LogP contribution is 2.24. The lowest BCUT2D eigenvalue weighted by atomic mass is 10.0. The largest absolute Gasteiger partial charge is 0.381 e. The van der Waals surface area contributed by atoms with Crippen LogP contribution in [0.2, 0.25) is 0 Å². The molecular formula is C9H10BrNO. The average molecular weight is 228 g/mol. The number of halogens is 1. The molecule has 0 bridgehead atoms. The van der Waals surface area contributed by atoms with Gasteiger partial charge in [-0.05, 0) is 18.6 Å². The van der Waals surface area contributed by atoms with E-state index in [4.69, 9.17) is 4.74 Å².